The van der Waals surface area contributed by atoms with Gasteiger partial charge in [0.05, 0.1) is 0 Å². The number of hydrogen-bond donors (Lipinski definition) is 1. The zero-order valence-corrected chi connectivity index (χ0v) is 8.05. The molecule has 1 aliphatic heterocycles. The zero-order valence-electron chi connectivity index (χ0n) is 5.89. The van der Waals surface area contributed by atoms with Gasteiger partial charge in [-0.1, -0.05) is 0 Å². The van der Waals surface area contributed by atoms with Gasteiger partial charge in [0.2, 0.25) is 0 Å². The molecule has 52 valence electrons. The second-order valence-electron chi connectivity index (χ2n) is 2.42. The van der Waals surface area contributed by atoms with E-state index in [0.29, 0.717) is 0 Å². The van der Waals surface area contributed by atoms with E-state index >= 15 is 0 Å². The Morgan fingerprint density at radius 3 is 2.56 bits per heavy atom. The Hall–Kier alpha value is 0.715. The fraction of sp³-hybridized carbons (Fsp3) is 1.00. The van der Waals surface area contributed by atoms with Crippen LogP contribution >= 0.6 is 19.8 Å². The Kier molecular flexibility index (Phi) is 2.79. The van der Waals surface area contributed by atoms with Crippen LogP contribution in [0, 0.1) is 0 Å². The van der Waals surface area contributed by atoms with Crippen molar-refractivity contribution in [2.75, 3.05) is 23.1 Å². The van der Waals surface area contributed by atoms with Crippen LogP contribution in [0.5, 0.6) is 0 Å². The minimum atomic E-state index is -0.646. The summed E-state index contributed by atoms with van der Waals surface area (Å²) < 4.78 is 0.749. The van der Waals surface area contributed by atoms with E-state index in [0.717, 1.165) is 17.3 Å². The topological polar surface area (TPSA) is 15.3 Å². The van der Waals surface area contributed by atoms with E-state index < -0.39 is 19.8 Å². The van der Waals surface area contributed by atoms with Crippen molar-refractivity contribution in [2.45, 2.75) is 4.05 Å². The van der Waals surface area contributed by atoms with Crippen molar-refractivity contribution in [3.8, 4) is 0 Å². The molecule has 0 saturated carbocycles. The number of nitrogens with one attached hydrogen (secondary N) is 1. The van der Waals surface area contributed by atoms with Gasteiger partial charge in [-0.05, 0) is 0 Å². The Morgan fingerprint density at radius 2 is 2.33 bits per heavy atom. The van der Waals surface area contributed by atoms with Crippen LogP contribution in [0.4, 0.5) is 0 Å². The van der Waals surface area contributed by atoms with Gasteiger partial charge in [-0.2, -0.15) is 0 Å². The molecule has 2 nitrogen and oxygen atoms in total. The van der Waals surface area contributed by atoms with Crippen LogP contribution in [0.2, 0.25) is 0 Å². The van der Waals surface area contributed by atoms with E-state index in [9.17, 15) is 0 Å². The van der Waals surface area contributed by atoms with Crippen LogP contribution in [0.3, 0.4) is 0 Å². The van der Waals surface area contributed by atoms with E-state index in [1.54, 1.807) is 0 Å². The number of rotatable bonds is 1. The standard InChI is InChI=1S/C5H12BIN2/c1-7(2)5-3-9(6)4-8-5/h5,8H,3-4H2,1-2H3. The van der Waals surface area contributed by atoms with Crippen LogP contribution < -0.4 is 5.32 Å². The second-order valence-corrected chi connectivity index (χ2v) is 8.57. The van der Waals surface area contributed by atoms with Gasteiger partial charge < -0.3 is 0 Å². The zero-order chi connectivity index (χ0) is 6.85. The molecule has 9 heavy (non-hydrogen) atoms. The van der Waals surface area contributed by atoms with Crippen molar-refractivity contribution in [3.63, 3.8) is 0 Å². The Morgan fingerprint density at radius 1 is 1.67 bits per heavy atom. The summed E-state index contributed by atoms with van der Waals surface area (Å²) in [6.07, 6.45) is 0. The van der Waals surface area contributed by atoms with Crippen molar-refractivity contribution in [1.82, 2.24) is 10.1 Å². The molecule has 0 aliphatic carbocycles. The summed E-state index contributed by atoms with van der Waals surface area (Å²) in [5.74, 6) is 0. The average Bonchev–Trinajstić information content (AvgIpc) is 2.14. The molecule has 1 heterocycles. The molecule has 1 saturated heterocycles. The first-order valence-electron chi connectivity index (χ1n) is 2.92. The van der Waals surface area contributed by atoms with Gasteiger partial charge in [0, 0.05) is 0 Å². The fourth-order valence-electron chi connectivity index (χ4n) is 0.844. The van der Waals surface area contributed by atoms with E-state index in [1.165, 1.54) is 0 Å². The number of nitrogens with zero attached hydrogens (tertiary/aromatic N) is 1. The molecule has 1 rings (SSSR count). The normalized spacial score (nSPS) is 30.9. The van der Waals surface area contributed by atoms with Gasteiger partial charge in [-0.25, -0.2) is 0 Å². The van der Waals surface area contributed by atoms with Gasteiger partial charge in [-0.3, -0.25) is 0 Å². The van der Waals surface area contributed by atoms with Crippen molar-refractivity contribution in [1.29, 1.82) is 0 Å². The molecule has 4 heteroatoms. The molecular weight excluding hydrogens is 226 g/mol. The molecule has 0 spiro atoms. The van der Waals surface area contributed by atoms with Crippen LogP contribution in [0.15, 0.2) is 0 Å². The van der Waals surface area contributed by atoms with Crippen LogP contribution in [-0.2, 0) is 0 Å². The van der Waals surface area contributed by atoms with E-state index in [4.69, 9.17) is 7.98 Å². The van der Waals surface area contributed by atoms with E-state index in [2.05, 4.69) is 15.2 Å². The summed E-state index contributed by atoms with van der Waals surface area (Å²) >= 11 is -0.646. The van der Waals surface area contributed by atoms with Gasteiger partial charge >= 0.3 is 65.1 Å². The molecule has 2 radical (unpaired) electrons. The molecule has 0 aromatic rings. The van der Waals surface area contributed by atoms with Crippen molar-refractivity contribution in [2.24, 2.45) is 0 Å². The molecule has 0 aromatic carbocycles. The third-order valence-electron chi connectivity index (χ3n) is 1.44. The number of hydrogen-bond acceptors (Lipinski definition) is 2. The predicted molar refractivity (Wildman–Crippen MR) is 50.1 cm³/mol. The summed E-state index contributed by atoms with van der Waals surface area (Å²) in [6.45, 7) is 1.93. The first-order chi connectivity index (χ1) is 4.20. The number of halogens is 1. The Balaban J connectivity index is 2.30. The molecule has 0 aromatic heterocycles. The average molecular weight is 238 g/mol. The summed E-state index contributed by atoms with van der Waals surface area (Å²) in [5.41, 5.74) is 0. The van der Waals surface area contributed by atoms with Crippen LogP contribution in [0.1, 0.15) is 0 Å². The van der Waals surface area contributed by atoms with Gasteiger partial charge in [0.25, 0.3) is 0 Å². The van der Waals surface area contributed by atoms with Gasteiger partial charge in [0.15, 0.2) is 0 Å². The van der Waals surface area contributed by atoms with Crippen molar-refractivity contribution >= 4 is 27.8 Å². The fourth-order valence-corrected chi connectivity index (χ4v) is 3.22. The molecule has 1 unspecified atom stereocenters. The monoisotopic (exact) mass is 238 g/mol. The maximum absolute atomic E-state index is 5.56. The Bertz CT molecular complexity index is 99.0. The molecule has 1 fully saturated rings. The molecule has 1 atom stereocenters. The van der Waals surface area contributed by atoms with Crippen molar-refractivity contribution < 1.29 is 0 Å². The summed E-state index contributed by atoms with van der Waals surface area (Å²) in [4.78, 5) is 6.57. The van der Waals surface area contributed by atoms with Gasteiger partial charge in [-0.15, -0.1) is 0 Å². The molecule has 1 aliphatic rings. The van der Waals surface area contributed by atoms with Crippen molar-refractivity contribution in [3.05, 3.63) is 0 Å². The summed E-state index contributed by atoms with van der Waals surface area (Å²) in [5, 5.41) is 3.38. The Labute approximate surface area is 65.2 Å². The minimum absolute atomic E-state index is 0.646. The van der Waals surface area contributed by atoms with Crippen LogP contribution in [0.25, 0.3) is 0 Å². The quantitative estimate of drug-likeness (QED) is 0.300. The first-order valence-corrected chi connectivity index (χ1v) is 8.48. The second kappa shape index (κ2) is 3.21. The number of alkyl halides is 3. The first kappa shape index (κ1) is 7.82. The molecule has 0 bridgehead atoms. The SMILES string of the molecule is [B]N1CNC(I(C)C)C1. The molecule has 1 N–H and O–H groups in total. The third kappa shape index (κ3) is 2.09. The van der Waals surface area contributed by atoms with Crippen LogP contribution in [-0.4, -0.2) is 39.9 Å². The molecule has 0 amide bonds. The van der Waals surface area contributed by atoms with Gasteiger partial charge in [0.1, 0.15) is 0 Å². The summed E-state index contributed by atoms with van der Waals surface area (Å²) in [7, 11) is 5.56. The van der Waals surface area contributed by atoms with E-state index in [1.807, 2.05) is 4.81 Å². The molecular formula is C5H12BIN2. The summed E-state index contributed by atoms with van der Waals surface area (Å²) in [6, 6.07) is 0. The predicted octanol–water partition coefficient (Wildman–Crippen LogP) is 0.0247. The van der Waals surface area contributed by atoms with E-state index in [-0.39, 0.29) is 0 Å². The third-order valence-corrected chi connectivity index (χ3v) is 5.28. The maximum atomic E-state index is 5.56.